The highest BCUT2D eigenvalue weighted by molar-refractivity contribution is 7.90. The van der Waals surface area contributed by atoms with Gasteiger partial charge in [-0.25, -0.2) is 8.42 Å². The van der Waals surface area contributed by atoms with Crippen LogP contribution in [0.4, 0.5) is 5.69 Å². The number of hydrogen-bond donors (Lipinski definition) is 3. The topological polar surface area (TPSA) is 96.0 Å². The summed E-state index contributed by atoms with van der Waals surface area (Å²) in [4.78, 5) is 15.7. The largest absolute Gasteiger partial charge is 0.382 e. The fraction of sp³-hybridized carbons (Fsp3) is 0.350. The Morgan fingerprint density at radius 3 is 2.61 bits per heavy atom. The molecule has 8 heteroatoms. The smallest absolute Gasteiger partial charge is 0.274 e. The first-order valence-electron chi connectivity index (χ1n) is 9.33. The lowest BCUT2D eigenvalue weighted by molar-refractivity contribution is 0.479. The number of sulfone groups is 1. The lowest BCUT2D eigenvalue weighted by Gasteiger charge is -2.26. The molecule has 0 spiro atoms. The van der Waals surface area contributed by atoms with Gasteiger partial charge in [0.1, 0.15) is 5.52 Å². The number of hydrogen-bond acceptors (Lipinski definition) is 5. The van der Waals surface area contributed by atoms with Crippen LogP contribution in [0.15, 0.2) is 46.3 Å². The highest BCUT2D eigenvalue weighted by Gasteiger charge is 2.19. The van der Waals surface area contributed by atoms with Crippen LogP contribution in [0.5, 0.6) is 0 Å². The third-order valence-corrected chi connectivity index (χ3v) is 6.41. The first kappa shape index (κ1) is 18.8. The Morgan fingerprint density at radius 2 is 1.89 bits per heavy atom. The SMILES string of the molecule is Cn1cc(-c2cc(S(C)(=O)=O)ccc2NC2CCNCC2)c2cc[nH]c2c1=O. The Hall–Kier alpha value is -2.58. The maximum absolute atomic E-state index is 12.4. The van der Waals surface area contributed by atoms with Crippen molar-refractivity contribution in [1.82, 2.24) is 14.9 Å². The molecule has 1 aromatic carbocycles. The van der Waals surface area contributed by atoms with E-state index in [1.807, 2.05) is 12.1 Å². The molecule has 0 atom stereocenters. The van der Waals surface area contributed by atoms with Gasteiger partial charge >= 0.3 is 0 Å². The number of aromatic amines is 1. The first-order valence-corrected chi connectivity index (χ1v) is 11.2. The number of rotatable bonds is 4. The first-order chi connectivity index (χ1) is 13.3. The van der Waals surface area contributed by atoms with Gasteiger partial charge in [0.2, 0.25) is 0 Å². The van der Waals surface area contributed by atoms with Gasteiger partial charge in [-0.15, -0.1) is 0 Å². The molecule has 0 bridgehead atoms. The number of nitrogens with zero attached hydrogens (tertiary/aromatic N) is 1. The van der Waals surface area contributed by atoms with Gasteiger partial charge in [-0.05, 0) is 50.2 Å². The standard InChI is InChI=1S/C20H24N4O3S/c1-24-12-17(15-7-10-22-19(15)20(24)25)16-11-14(28(2,26)27)3-4-18(16)23-13-5-8-21-9-6-13/h3-4,7,10-13,21-23H,5-6,8-9H2,1-2H3. The van der Waals surface area contributed by atoms with Crippen molar-refractivity contribution in [2.24, 2.45) is 7.05 Å². The lowest BCUT2D eigenvalue weighted by Crippen LogP contribution is -2.35. The third kappa shape index (κ3) is 3.45. The van der Waals surface area contributed by atoms with E-state index >= 15 is 0 Å². The van der Waals surface area contributed by atoms with Crippen molar-refractivity contribution >= 4 is 26.4 Å². The van der Waals surface area contributed by atoms with E-state index in [0.29, 0.717) is 11.6 Å². The van der Waals surface area contributed by atoms with Crippen LogP contribution in [0.2, 0.25) is 0 Å². The third-order valence-electron chi connectivity index (χ3n) is 5.30. The molecule has 0 amide bonds. The number of H-pyrrole nitrogens is 1. The predicted molar refractivity (Wildman–Crippen MR) is 112 cm³/mol. The van der Waals surface area contributed by atoms with Crippen LogP contribution in [0, 0.1) is 0 Å². The summed E-state index contributed by atoms with van der Waals surface area (Å²) < 4.78 is 25.8. The highest BCUT2D eigenvalue weighted by atomic mass is 32.2. The molecule has 0 radical (unpaired) electrons. The van der Waals surface area contributed by atoms with Crippen LogP contribution in [0.3, 0.4) is 0 Å². The Labute approximate surface area is 163 Å². The maximum Gasteiger partial charge on any atom is 0.274 e. The van der Waals surface area contributed by atoms with Crippen molar-refractivity contribution in [2.75, 3.05) is 24.7 Å². The van der Waals surface area contributed by atoms with E-state index in [4.69, 9.17) is 0 Å². The van der Waals surface area contributed by atoms with Crippen LogP contribution in [0.25, 0.3) is 22.0 Å². The summed E-state index contributed by atoms with van der Waals surface area (Å²) in [6.45, 7) is 1.91. The summed E-state index contributed by atoms with van der Waals surface area (Å²) in [7, 11) is -1.65. The molecule has 3 aromatic rings. The molecule has 3 N–H and O–H groups in total. The normalized spacial score (nSPS) is 15.8. The van der Waals surface area contributed by atoms with Crippen LogP contribution in [-0.4, -0.2) is 43.4 Å². The van der Waals surface area contributed by atoms with Crippen molar-refractivity contribution in [1.29, 1.82) is 0 Å². The number of piperidine rings is 1. The number of pyridine rings is 1. The van der Waals surface area contributed by atoms with Gasteiger partial charge in [-0.2, -0.15) is 0 Å². The lowest BCUT2D eigenvalue weighted by atomic mass is 10.00. The van der Waals surface area contributed by atoms with Crippen LogP contribution in [-0.2, 0) is 16.9 Å². The van der Waals surface area contributed by atoms with Gasteiger partial charge in [-0.1, -0.05) is 0 Å². The van der Waals surface area contributed by atoms with E-state index in [0.717, 1.165) is 48.1 Å². The highest BCUT2D eigenvalue weighted by Crippen LogP contribution is 2.35. The second-order valence-electron chi connectivity index (χ2n) is 7.37. The van der Waals surface area contributed by atoms with Gasteiger partial charge in [0.15, 0.2) is 9.84 Å². The molecular weight excluding hydrogens is 376 g/mol. The van der Waals surface area contributed by atoms with Gasteiger partial charge in [-0.3, -0.25) is 4.79 Å². The fourth-order valence-corrected chi connectivity index (χ4v) is 4.42. The molecule has 1 fully saturated rings. The van der Waals surface area contributed by atoms with Crippen molar-refractivity contribution in [2.45, 2.75) is 23.8 Å². The van der Waals surface area contributed by atoms with Crippen molar-refractivity contribution in [3.05, 3.63) is 47.0 Å². The monoisotopic (exact) mass is 400 g/mol. The Balaban J connectivity index is 1.92. The minimum absolute atomic E-state index is 0.115. The average Bonchev–Trinajstić information content (AvgIpc) is 3.15. The summed E-state index contributed by atoms with van der Waals surface area (Å²) in [5.41, 5.74) is 2.87. The maximum atomic E-state index is 12.4. The fourth-order valence-electron chi connectivity index (χ4n) is 3.77. The van der Waals surface area contributed by atoms with Gasteiger partial charge in [0, 0.05) is 53.9 Å². The van der Waals surface area contributed by atoms with E-state index in [2.05, 4.69) is 15.6 Å². The summed E-state index contributed by atoms with van der Waals surface area (Å²) in [5.74, 6) is 0. The summed E-state index contributed by atoms with van der Waals surface area (Å²) in [6.07, 6.45) is 6.71. The molecule has 1 aliphatic rings. The number of anilines is 1. The zero-order valence-corrected chi connectivity index (χ0v) is 16.8. The number of nitrogens with one attached hydrogen (secondary N) is 3. The Kier molecular flexibility index (Phi) is 4.76. The summed E-state index contributed by atoms with van der Waals surface area (Å²) in [5, 5.41) is 7.71. The minimum atomic E-state index is -3.36. The molecule has 28 heavy (non-hydrogen) atoms. The van der Waals surface area contributed by atoms with Gasteiger partial charge in [0.05, 0.1) is 4.90 Å². The number of aryl methyl sites for hydroxylation is 1. The predicted octanol–water partition coefficient (Wildman–Crippen LogP) is 2.10. The molecule has 7 nitrogen and oxygen atoms in total. The van der Waals surface area contributed by atoms with Crippen LogP contribution in [0.1, 0.15) is 12.8 Å². The van der Waals surface area contributed by atoms with Crippen molar-refractivity contribution in [3.63, 3.8) is 0 Å². The molecule has 0 saturated carbocycles. The second-order valence-corrected chi connectivity index (χ2v) is 9.39. The van der Waals surface area contributed by atoms with E-state index in [1.54, 1.807) is 31.6 Å². The number of aromatic nitrogens is 2. The zero-order chi connectivity index (χ0) is 19.9. The number of fused-ring (bicyclic) bond motifs is 1. The van der Waals surface area contributed by atoms with Crippen molar-refractivity contribution < 1.29 is 8.42 Å². The molecule has 4 rings (SSSR count). The molecule has 3 heterocycles. The van der Waals surface area contributed by atoms with Crippen molar-refractivity contribution in [3.8, 4) is 11.1 Å². The molecule has 1 saturated heterocycles. The second kappa shape index (κ2) is 7.10. The summed E-state index contributed by atoms with van der Waals surface area (Å²) in [6, 6.07) is 7.34. The van der Waals surface area contributed by atoms with Gasteiger partial charge in [0.25, 0.3) is 5.56 Å². The van der Waals surface area contributed by atoms with Crippen LogP contribution < -0.4 is 16.2 Å². The number of benzene rings is 1. The van der Waals surface area contributed by atoms with Crippen LogP contribution >= 0.6 is 0 Å². The zero-order valence-electron chi connectivity index (χ0n) is 16.0. The van der Waals surface area contributed by atoms with E-state index in [9.17, 15) is 13.2 Å². The molecule has 0 unspecified atom stereocenters. The minimum Gasteiger partial charge on any atom is -0.382 e. The Bertz CT molecular complexity index is 1190. The van der Waals surface area contributed by atoms with Gasteiger partial charge < -0.3 is 20.2 Å². The molecule has 1 aliphatic heterocycles. The van der Waals surface area contributed by atoms with E-state index in [1.165, 1.54) is 10.8 Å². The Morgan fingerprint density at radius 1 is 1.14 bits per heavy atom. The molecule has 2 aromatic heterocycles. The average molecular weight is 401 g/mol. The summed E-state index contributed by atoms with van der Waals surface area (Å²) >= 11 is 0. The van der Waals surface area contributed by atoms with E-state index < -0.39 is 9.84 Å². The van der Waals surface area contributed by atoms with E-state index in [-0.39, 0.29) is 10.5 Å². The quantitative estimate of drug-likeness (QED) is 0.623. The molecular formula is C20H24N4O3S. The molecule has 0 aliphatic carbocycles. The molecule has 148 valence electrons.